The summed E-state index contributed by atoms with van der Waals surface area (Å²) in [6.07, 6.45) is 3.45. The summed E-state index contributed by atoms with van der Waals surface area (Å²) >= 11 is 0. The molecule has 0 amide bonds. The van der Waals surface area contributed by atoms with Gasteiger partial charge in [-0.25, -0.2) is 0 Å². The van der Waals surface area contributed by atoms with Crippen LogP contribution in [0, 0.1) is 0 Å². The average molecular weight is 328 g/mol. The van der Waals surface area contributed by atoms with E-state index in [1.165, 1.54) is 11.1 Å². The van der Waals surface area contributed by atoms with Crippen molar-refractivity contribution in [2.24, 2.45) is 10.2 Å². The van der Waals surface area contributed by atoms with Gasteiger partial charge in [0.05, 0.1) is 11.4 Å². The monoisotopic (exact) mass is 328 g/mol. The third-order valence-corrected chi connectivity index (χ3v) is 4.70. The third kappa shape index (κ3) is 3.61. The first kappa shape index (κ1) is 15.6. The molecular weight excluding hydrogens is 308 g/mol. The van der Waals surface area contributed by atoms with Gasteiger partial charge in [-0.15, -0.1) is 0 Å². The Balaban J connectivity index is 1.71. The molecule has 3 aromatic rings. The highest BCUT2D eigenvalue weighted by atomic mass is 16.3. The summed E-state index contributed by atoms with van der Waals surface area (Å²) in [4.78, 5) is 0. The van der Waals surface area contributed by atoms with E-state index in [4.69, 9.17) is 0 Å². The normalized spacial score (nSPS) is 13.8. The minimum Gasteiger partial charge on any atom is -0.508 e. The van der Waals surface area contributed by atoms with Gasteiger partial charge in [0.15, 0.2) is 0 Å². The van der Waals surface area contributed by atoms with Crippen LogP contribution in [0.15, 0.2) is 77.0 Å². The molecule has 0 fully saturated rings. The van der Waals surface area contributed by atoms with E-state index in [0.717, 1.165) is 48.2 Å². The van der Waals surface area contributed by atoms with Crippen molar-refractivity contribution in [2.45, 2.75) is 25.7 Å². The number of rotatable bonds is 2. The molecule has 0 atom stereocenters. The summed E-state index contributed by atoms with van der Waals surface area (Å²) in [6.45, 7) is 0. The molecule has 3 nitrogen and oxygen atoms in total. The van der Waals surface area contributed by atoms with Gasteiger partial charge >= 0.3 is 0 Å². The largest absolute Gasteiger partial charge is 0.508 e. The highest BCUT2D eigenvalue weighted by Gasteiger charge is 2.12. The number of phenolic OH excluding ortho intramolecular Hbond substituents is 1. The van der Waals surface area contributed by atoms with Gasteiger partial charge in [0.25, 0.3) is 0 Å². The maximum absolute atomic E-state index is 10.4. The van der Waals surface area contributed by atoms with Gasteiger partial charge in [-0.1, -0.05) is 42.5 Å². The molecule has 3 heteroatoms. The van der Waals surface area contributed by atoms with E-state index in [9.17, 15) is 5.11 Å². The number of hydrogen-bond donors (Lipinski definition) is 1. The van der Waals surface area contributed by atoms with Crippen molar-refractivity contribution in [2.75, 3.05) is 0 Å². The van der Waals surface area contributed by atoms with Gasteiger partial charge < -0.3 is 5.11 Å². The van der Waals surface area contributed by atoms with Crippen LogP contribution in [0.1, 0.15) is 22.3 Å². The Labute approximate surface area is 147 Å². The minimum atomic E-state index is 0.365. The first-order chi connectivity index (χ1) is 12.3. The Bertz CT molecular complexity index is 899. The van der Waals surface area contributed by atoms with Crippen LogP contribution in [0.4, 0.5) is 11.4 Å². The maximum atomic E-state index is 10.4. The van der Waals surface area contributed by atoms with E-state index in [1.807, 2.05) is 42.5 Å². The predicted molar refractivity (Wildman–Crippen MR) is 100.0 cm³/mol. The van der Waals surface area contributed by atoms with Crippen LogP contribution in [0.2, 0.25) is 0 Å². The Morgan fingerprint density at radius 3 is 1.96 bits per heavy atom. The molecule has 124 valence electrons. The molecule has 0 heterocycles. The summed E-state index contributed by atoms with van der Waals surface area (Å²) in [5, 5.41) is 19.2. The summed E-state index contributed by atoms with van der Waals surface area (Å²) in [6, 6.07) is 22.4. The highest BCUT2D eigenvalue weighted by molar-refractivity contribution is 5.54. The van der Waals surface area contributed by atoms with E-state index in [2.05, 4.69) is 34.5 Å². The predicted octanol–water partition coefficient (Wildman–Crippen LogP) is 5.69. The fourth-order valence-corrected chi connectivity index (χ4v) is 3.19. The Morgan fingerprint density at radius 1 is 0.640 bits per heavy atom. The highest BCUT2D eigenvalue weighted by Crippen LogP contribution is 2.32. The SMILES string of the molecule is Oc1cc2c(N=Nc3ccccc3)cc1CCc1ccc(cc1)CC2. The molecule has 4 bridgehead atoms. The Morgan fingerprint density at radius 2 is 1.28 bits per heavy atom. The van der Waals surface area contributed by atoms with Crippen molar-refractivity contribution in [3.05, 3.63) is 89.0 Å². The quantitative estimate of drug-likeness (QED) is 0.603. The van der Waals surface area contributed by atoms with Gasteiger partial charge in [-0.2, -0.15) is 10.2 Å². The number of phenols is 1. The van der Waals surface area contributed by atoms with E-state index in [-0.39, 0.29) is 0 Å². The Kier molecular flexibility index (Phi) is 4.30. The summed E-state index contributed by atoms with van der Waals surface area (Å²) in [7, 11) is 0. The molecular formula is C22H20N2O. The van der Waals surface area contributed by atoms with Gasteiger partial charge in [-0.05, 0) is 72.2 Å². The standard InChI is InChI=1S/C22H20N2O/c25-22-15-18-12-10-16-6-8-17(9-7-16)11-13-19(22)14-21(18)24-23-20-4-2-1-3-5-20/h1-9,14-15,25H,10-13H2. The second-order valence-corrected chi connectivity index (χ2v) is 6.46. The van der Waals surface area contributed by atoms with Crippen molar-refractivity contribution >= 4 is 11.4 Å². The zero-order valence-corrected chi connectivity index (χ0v) is 14.0. The number of hydrogen-bond acceptors (Lipinski definition) is 3. The molecule has 0 saturated heterocycles. The maximum Gasteiger partial charge on any atom is 0.119 e. The molecule has 1 N–H and O–H groups in total. The molecule has 0 radical (unpaired) electrons. The number of azo groups is 1. The first-order valence-corrected chi connectivity index (χ1v) is 8.67. The van der Waals surface area contributed by atoms with Crippen LogP contribution in [0.25, 0.3) is 0 Å². The van der Waals surface area contributed by atoms with Crippen LogP contribution < -0.4 is 0 Å². The fourth-order valence-electron chi connectivity index (χ4n) is 3.19. The number of aryl methyl sites for hydroxylation is 4. The molecule has 3 aromatic carbocycles. The van der Waals surface area contributed by atoms with Crippen molar-refractivity contribution in [1.82, 2.24) is 0 Å². The van der Waals surface area contributed by atoms with Crippen LogP contribution >= 0.6 is 0 Å². The van der Waals surface area contributed by atoms with Gasteiger partial charge in [-0.3, -0.25) is 0 Å². The van der Waals surface area contributed by atoms with Crippen LogP contribution in [0.5, 0.6) is 5.75 Å². The second kappa shape index (κ2) is 6.89. The molecule has 0 aliphatic heterocycles. The lowest BCUT2D eigenvalue weighted by Gasteiger charge is -2.13. The minimum absolute atomic E-state index is 0.365. The summed E-state index contributed by atoms with van der Waals surface area (Å²) < 4.78 is 0. The van der Waals surface area contributed by atoms with Crippen molar-refractivity contribution in [3.8, 4) is 5.75 Å². The topological polar surface area (TPSA) is 45.0 Å². The molecule has 4 aliphatic rings. The van der Waals surface area contributed by atoms with Crippen molar-refractivity contribution in [3.63, 3.8) is 0 Å². The molecule has 0 aromatic heterocycles. The fraction of sp³-hybridized carbons (Fsp3) is 0.182. The zero-order valence-electron chi connectivity index (χ0n) is 14.0. The number of nitrogens with zero attached hydrogens (tertiary/aromatic N) is 2. The molecule has 0 saturated carbocycles. The zero-order chi connectivity index (χ0) is 17.1. The van der Waals surface area contributed by atoms with Crippen LogP contribution in [-0.4, -0.2) is 5.11 Å². The lowest BCUT2D eigenvalue weighted by atomic mass is 9.95. The molecule has 7 rings (SSSR count). The Hall–Kier alpha value is -2.94. The smallest absolute Gasteiger partial charge is 0.119 e. The van der Waals surface area contributed by atoms with E-state index < -0.39 is 0 Å². The summed E-state index contributed by atoms with van der Waals surface area (Å²) in [5.74, 6) is 0.365. The lowest BCUT2D eigenvalue weighted by Crippen LogP contribution is -1.99. The van der Waals surface area contributed by atoms with E-state index in [1.54, 1.807) is 0 Å². The molecule has 0 spiro atoms. The average Bonchev–Trinajstić information content (AvgIpc) is 2.64. The van der Waals surface area contributed by atoms with Gasteiger partial charge in [0.1, 0.15) is 5.75 Å². The number of benzene rings is 3. The van der Waals surface area contributed by atoms with Crippen molar-refractivity contribution in [1.29, 1.82) is 0 Å². The van der Waals surface area contributed by atoms with E-state index in [0.29, 0.717) is 5.75 Å². The third-order valence-electron chi connectivity index (χ3n) is 4.70. The van der Waals surface area contributed by atoms with Crippen molar-refractivity contribution < 1.29 is 5.11 Å². The van der Waals surface area contributed by atoms with Crippen LogP contribution in [-0.2, 0) is 25.7 Å². The molecule has 4 aliphatic carbocycles. The molecule has 25 heavy (non-hydrogen) atoms. The molecule has 0 unspecified atom stereocenters. The van der Waals surface area contributed by atoms with Crippen LogP contribution in [0.3, 0.4) is 0 Å². The second-order valence-electron chi connectivity index (χ2n) is 6.46. The number of aromatic hydroxyl groups is 1. The van der Waals surface area contributed by atoms with E-state index >= 15 is 0 Å². The van der Waals surface area contributed by atoms with Gasteiger partial charge in [0.2, 0.25) is 0 Å². The van der Waals surface area contributed by atoms with Gasteiger partial charge in [0, 0.05) is 0 Å². The summed E-state index contributed by atoms with van der Waals surface area (Å²) in [5.41, 5.74) is 6.24. The first-order valence-electron chi connectivity index (χ1n) is 8.67. The lowest BCUT2D eigenvalue weighted by molar-refractivity contribution is 0.467.